The van der Waals surface area contributed by atoms with Crippen LogP contribution in [0.1, 0.15) is 19.4 Å². The summed E-state index contributed by atoms with van der Waals surface area (Å²) in [6.07, 6.45) is 0. The summed E-state index contributed by atoms with van der Waals surface area (Å²) < 4.78 is 26.4. The summed E-state index contributed by atoms with van der Waals surface area (Å²) in [6, 6.07) is 4.66. The third-order valence-electron chi connectivity index (χ3n) is 2.25. The van der Waals surface area contributed by atoms with Crippen molar-refractivity contribution >= 4 is 37.5 Å². The molecule has 0 heterocycles. The fourth-order valence-electron chi connectivity index (χ4n) is 1.09. The smallest absolute Gasteiger partial charge is 0.235 e. The molecule has 0 aromatic heterocycles. The molecule has 0 aliphatic rings. The Morgan fingerprint density at radius 3 is 2.56 bits per heavy atom. The molecule has 0 radical (unpaired) electrons. The molecule has 18 heavy (non-hydrogen) atoms. The molecular weight excluding hydrogens is 322 g/mol. The van der Waals surface area contributed by atoms with Crippen LogP contribution in [0.15, 0.2) is 27.8 Å². The van der Waals surface area contributed by atoms with Gasteiger partial charge in [0, 0.05) is 10.0 Å². The Balaban J connectivity index is 3.08. The Morgan fingerprint density at radius 2 is 2.11 bits per heavy atom. The first-order valence-corrected chi connectivity index (χ1v) is 7.41. The van der Waals surface area contributed by atoms with E-state index in [1.54, 1.807) is 26.0 Å². The summed E-state index contributed by atoms with van der Waals surface area (Å²) in [5, 5.41) is 10.9. The molecule has 0 spiro atoms. The zero-order valence-corrected chi connectivity index (χ0v) is 12.3. The zero-order chi connectivity index (χ0) is 13.9. The molecule has 8 heteroatoms. The number of oxime groups is 1. The fraction of sp³-hybridized carbons (Fsp3) is 0.300. The van der Waals surface area contributed by atoms with Crippen molar-refractivity contribution in [2.45, 2.75) is 19.1 Å². The van der Waals surface area contributed by atoms with Gasteiger partial charge in [-0.15, -0.1) is 0 Å². The van der Waals surface area contributed by atoms with Crippen molar-refractivity contribution in [1.29, 1.82) is 0 Å². The Hall–Kier alpha value is -1.28. The molecule has 1 aromatic carbocycles. The van der Waals surface area contributed by atoms with Gasteiger partial charge in [-0.05, 0) is 48.0 Å². The Labute approximate surface area is 114 Å². The lowest BCUT2D eigenvalue weighted by molar-refractivity contribution is 0.318. The molecule has 0 amide bonds. The second-order valence-electron chi connectivity index (χ2n) is 3.88. The van der Waals surface area contributed by atoms with E-state index in [1.165, 1.54) is 6.07 Å². The van der Waals surface area contributed by atoms with E-state index in [2.05, 4.69) is 25.8 Å². The lowest BCUT2D eigenvalue weighted by atomic mass is 10.2. The number of anilines is 1. The van der Waals surface area contributed by atoms with Crippen molar-refractivity contribution in [1.82, 2.24) is 0 Å². The normalized spacial score (nSPS) is 12.8. The van der Waals surface area contributed by atoms with Gasteiger partial charge in [-0.2, -0.15) is 0 Å². The largest absolute Gasteiger partial charge is 0.409 e. The van der Waals surface area contributed by atoms with Crippen molar-refractivity contribution in [3.8, 4) is 0 Å². The Morgan fingerprint density at radius 1 is 1.50 bits per heavy atom. The average molecular weight is 336 g/mol. The van der Waals surface area contributed by atoms with Crippen molar-refractivity contribution in [2.24, 2.45) is 10.9 Å². The van der Waals surface area contributed by atoms with E-state index < -0.39 is 15.3 Å². The number of hydrogen-bond acceptors (Lipinski definition) is 4. The molecule has 0 atom stereocenters. The Kier molecular flexibility index (Phi) is 4.58. The molecule has 0 fully saturated rings. The van der Waals surface area contributed by atoms with Gasteiger partial charge in [-0.3, -0.25) is 4.72 Å². The van der Waals surface area contributed by atoms with Gasteiger partial charge in [0.2, 0.25) is 10.0 Å². The van der Waals surface area contributed by atoms with Crippen LogP contribution >= 0.6 is 15.9 Å². The zero-order valence-electron chi connectivity index (χ0n) is 9.88. The van der Waals surface area contributed by atoms with Gasteiger partial charge in [-0.25, -0.2) is 8.42 Å². The monoisotopic (exact) mass is 335 g/mol. The maximum Gasteiger partial charge on any atom is 0.235 e. The number of hydrogen-bond donors (Lipinski definition) is 3. The molecule has 1 rings (SSSR count). The molecule has 0 aliphatic carbocycles. The number of nitrogens with two attached hydrogens (primary N) is 1. The molecular formula is C10H14BrN3O3S. The topological polar surface area (TPSA) is 105 Å². The van der Waals surface area contributed by atoms with E-state index in [9.17, 15) is 8.42 Å². The van der Waals surface area contributed by atoms with Crippen molar-refractivity contribution in [2.75, 3.05) is 4.72 Å². The molecule has 0 aliphatic heterocycles. The van der Waals surface area contributed by atoms with Crippen LogP contribution in [0.2, 0.25) is 0 Å². The van der Waals surface area contributed by atoms with Crippen LogP contribution in [0.25, 0.3) is 0 Å². The first-order chi connectivity index (χ1) is 8.27. The summed E-state index contributed by atoms with van der Waals surface area (Å²) >= 11 is 3.23. The van der Waals surface area contributed by atoms with Gasteiger partial charge >= 0.3 is 0 Å². The molecule has 0 saturated carbocycles. The summed E-state index contributed by atoms with van der Waals surface area (Å²) in [6.45, 7) is 3.17. The molecule has 0 bridgehead atoms. The van der Waals surface area contributed by atoms with E-state index >= 15 is 0 Å². The standard InChI is InChI=1S/C10H14BrN3O3S/c1-6(2)18(16,17)14-9-4-3-7(5-8(9)11)10(12)13-15/h3-6,14-15H,1-2H3,(H2,12,13). The van der Waals surface area contributed by atoms with Crippen LogP contribution in [-0.4, -0.2) is 24.7 Å². The lowest BCUT2D eigenvalue weighted by Gasteiger charge is -2.12. The highest BCUT2D eigenvalue weighted by Crippen LogP contribution is 2.25. The molecule has 0 saturated heterocycles. The Bertz CT molecular complexity index is 570. The maximum absolute atomic E-state index is 11.7. The van der Waals surface area contributed by atoms with Crippen LogP contribution in [0.5, 0.6) is 0 Å². The van der Waals surface area contributed by atoms with Crippen molar-refractivity contribution in [3.63, 3.8) is 0 Å². The second kappa shape index (κ2) is 5.57. The van der Waals surface area contributed by atoms with Crippen LogP contribution in [0.3, 0.4) is 0 Å². The number of benzene rings is 1. The summed E-state index contributed by atoms with van der Waals surface area (Å²) in [7, 11) is -3.40. The minimum Gasteiger partial charge on any atom is -0.409 e. The summed E-state index contributed by atoms with van der Waals surface area (Å²) in [5.41, 5.74) is 6.31. The third-order valence-corrected chi connectivity index (χ3v) is 4.65. The van der Waals surface area contributed by atoms with Crippen LogP contribution in [0.4, 0.5) is 5.69 Å². The van der Waals surface area contributed by atoms with Crippen LogP contribution in [-0.2, 0) is 10.0 Å². The van der Waals surface area contributed by atoms with E-state index in [1.807, 2.05) is 0 Å². The SMILES string of the molecule is CC(C)S(=O)(=O)Nc1ccc(/C(N)=N/O)cc1Br. The second-order valence-corrected chi connectivity index (χ2v) is 6.97. The summed E-state index contributed by atoms with van der Waals surface area (Å²) in [4.78, 5) is 0. The van der Waals surface area contributed by atoms with Gasteiger partial charge in [-0.1, -0.05) is 5.16 Å². The van der Waals surface area contributed by atoms with E-state index in [0.29, 0.717) is 15.7 Å². The van der Waals surface area contributed by atoms with E-state index in [4.69, 9.17) is 10.9 Å². The van der Waals surface area contributed by atoms with Gasteiger partial charge < -0.3 is 10.9 Å². The van der Waals surface area contributed by atoms with Gasteiger partial charge in [0.05, 0.1) is 10.9 Å². The quantitative estimate of drug-likeness (QED) is 0.337. The van der Waals surface area contributed by atoms with Crippen LogP contribution < -0.4 is 10.5 Å². The maximum atomic E-state index is 11.7. The van der Waals surface area contributed by atoms with Crippen molar-refractivity contribution in [3.05, 3.63) is 28.2 Å². The first-order valence-electron chi connectivity index (χ1n) is 5.07. The van der Waals surface area contributed by atoms with E-state index in [0.717, 1.165) is 0 Å². The minimum atomic E-state index is -3.40. The fourth-order valence-corrected chi connectivity index (χ4v) is 2.42. The van der Waals surface area contributed by atoms with Gasteiger partial charge in [0.15, 0.2) is 5.84 Å². The molecule has 100 valence electrons. The predicted molar refractivity (Wildman–Crippen MR) is 74.3 cm³/mol. The van der Waals surface area contributed by atoms with Gasteiger partial charge in [0.25, 0.3) is 0 Å². The number of amidine groups is 1. The van der Waals surface area contributed by atoms with Crippen LogP contribution in [0, 0.1) is 0 Å². The molecule has 0 unspecified atom stereocenters. The molecule has 1 aromatic rings. The highest BCUT2D eigenvalue weighted by molar-refractivity contribution is 9.10. The lowest BCUT2D eigenvalue weighted by Crippen LogP contribution is -2.22. The number of rotatable bonds is 4. The number of nitrogens with zero attached hydrogens (tertiary/aromatic N) is 1. The minimum absolute atomic E-state index is 0.0473. The highest BCUT2D eigenvalue weighted by atomic mass is 79.9. The first kappa shape index (κ1) is 14.8. The van der Waals surface area contributed by atoms with E-state index in [-0.39, 0.29) is 5.84 Å². The number of halogens is 1. The number of sulfonamides is 1. The average Bonchev–Trinajstić information content (AvgIpc) is 2.30. The van der Waals surface area contributed by atoms with Gasteiger partial charge in [0.1, 0.15) is 0 Å². The molecule has 6 nitrogen and oxygen atoms in total. The van der Waals surface area contributed by atoms with Crippen molar-refractivity contribution < 1.29 is 13.6 Å². The highest BCUT2D eigenvalue weighted by Gasteiger charge is 2.17. The number of nitrogens with one attached hydrogen (secondary N) is 1. The molecule has 4 N–H and O–H groups in total. The third kappa shape index (κ3) is 3.36. The summed E-state index contributed by atoms with van der Waals surface area (Å²) in [5.74, 6) is -0.0473. The predicted octanol–water partition coefficient (Wildman–Crippen LogP) is 1.69.